The molecular weight excluding hydrogens is 293 g/mol. The van der Waals surface area contributed by atoms with E-state index in [0.29, 0.717) is 25.1 Å². The predicted octanol–water partition coefficient (Wildman–Crippen LogP) is 2.59. The van der Waals surface area contributed by atoms with Gasteiger partial charge in [0, 0.05) is 25.1 Å². The Morgan fingerprint density at radius 1 is 1.42 bits per heavy atom. The van der Waals surface area contributed by atoms with Crippen LogP contribution in [0.2, 0.25) is 10.0 Å². The standard InChI is InChI=1S/C11H11Cl2N3O3/c12-7-3-9(10(16(18)19)4-8(7)13)14-5-6-1-2-11(17)15-6/h3-4,6,14H,1-2,5H2,(H,15,17). The number of amides is 1. The van der Waals surface area contributed by atoms with Crippen LogP contribution in [0, 0.1) is 10.1 Å². The van der Waals surface area contributed by atoms with Gasteiger partial charge in [-0.3, -0.25) is 14.9 Å². The van der Waals surface area contributed by atoms with Gasteiger partial charge in [0.2, 0.25) is 5.91 Å². The Balaban J connectivity index is 2.12. The largest absolute Gasteiger partial charge is 0.377 e. The third-order valence-corrected chi connectivity index (χ3v) is 3.58. The molecule has 0 spiro atoms. The highest BCUT2D eigenvalue weighted by atomic mass is 35.5. The molecule has 6 nitrogen and oxygen atoms in total. The van der Waals surface area contributed by atoms with Crippen molar-refractivity contribution < 1.29 is 9.72 Å². The summed E-state index contributed by atoms with van der Waals surface area (Å²) in [6.07, 6.45) is 1.19. The second-order valence-corrected chi connectivity index (χ2v) is 5.04. The van der Waals surface area contributed by atoms with E-state index in [1.54, 1.807) is 0 Å². The first-order valence-electron chi connectivity index (χ1n) is 5.64. The van der Waals surface area contributed by atoms with Gasteiger partial charge >= 0.3 is 0 Å². The van der Waals surface area contributed by atoms with E-state index in [1.165, 1.54) is 12.1 Å². The molecule has 1 aliphatic rings. The molecule has 0 radical (unpaired) electrons. The van der Waals surface area contributed by atoms with Gasteiger partial charge in [0.05, 0.1) is 15.0 Å². The lowest BCUT2D eigenvalue weighted by Crippen LogP contribution is -2.31. The van der Waals surface area contributed by atoms with E-state index in [1.807, 2.05) is 0 Å². The second-order valence-electron chi connectivity index (χ2n) is 4.22. The van der Waals surface area contributed by atoms with Crippen LogP contribution < -0.4 is 10.6 Å². The number of anilines is 1. The van der Waals surface area contributed by atoms with Gasteiger partial charge in [-0.2, -0.15) is 0 Å². The Morgan fingerprint density at radius 3 is 2.68 bits per heavy atom. The molecule has 1 aliphatic heterocycles. The summed E-state index contributed by atoms with van der Waals surface area (Å²) in [4.78, 5) is 21.5. The van der Waals surface area contributed by atoms with Gasteiger partial charge in [0.25, 0.3) is 5.69 Å². The van der Waals surface area contributed by atoms with Crippen molar-refractivity contribution >= 4 is 40.5 Å². The number of nitro groups is 1. The first-order valence-corrected chi connectivity index (χ1v) is 6.39. The van der Waals surface area contributed by atoms with E-state index >= 15 is 0 Å². The van der Waals surface area contributed by atoms with E-state index in [-0.39, 0.29) is 27.7 Å². The number of nitro benzene ring substituents is 1. The summed E-state index contributed by atoms with van der Waals surface area (Å²) < 4.78 is 0. The minimum absolute atomic E-state index is 0.00422. The Hall–Kier alpha value is -1.53. The number of nitrogens with zero attached hydrogens (tertiary/aromatic N) is 1. The van der Waals surface area contributed by atoms with Gasteiger partial charge in [0.1, 0.15) is 5.69 Å². The number of carbonyl (C=O) groups is 1. The summed E-state index contributed by atoms with van der Waals surface area (Å²) >= 11 is 11.6. The number of hydrogen-bond acceptors (Lipinski definition) is 4. The van der Waals surface area contributed by atoms with Gasteiger partial charge in [-0.1, -0.05) is 23.2 Å². The van der Waals surface area contributed by atoms with Crippen molar-refractivity contribution in [3.63, 3.8) is 0 Å². The Kier molecular flexibility index (Phi) is 4.11. The van der Waals surface area contributed by atoms with E-state index in [0.717, 1.165) is 0 Å². The molecule has 1 aromatic carbocycles. The highest BCUT2D eigenvalue weighted by molar-refractivity contribution is 6.42. The maximum Gasteiger partial charge on any atom is 0.293 e. The smallest absolute Gasteiger partial charge is 0.293 e. The summed E-state index contributed by atoms with van der Waals surface area (Å²) in [7, 11) is 0. The monoisotopic (exact) mass is 303 g/mol. The summed E-state index contributed by atoms with van der Waals surface area (Å²) in [5.74, 6) is -0.00422. The van der Waals surface area contributed by atoms with Gasteiger partial charge < -0.3 is 10.6 Å². The lowest BCUT2D eigenvalue weighted by atomic mass is 10.2. The molecule has 0 bridgehead atoms. The van der Waals surface area contributed by atoms with Gasteiger partial charge in [-0.05, 0) is 12.5 Å². The molecule has 1 fully saturated rings. The van der Waals surface area contributed by atoms with Crippen LogP contribution in [-0.2, 0) is 4.79 Å². The molecule has 2 N–H and O–H groups in total. The molecule has 1 atom stereocenters. The van der Waals surface area contributed by atoms with Crippen LogP contribution in [0.3, 0.4) is 0 Å². The fourth-order valence-corrected chi connectivity index (χ4v) is 2.21. The summed E-state index contributed by atoms with van der Waals surface area (Å²) in [5, 5.41) is 17.0. The average molecular weight is 304 g/mol. The molecule has 0 saturated carbocycles. The second kappa shape index (κ2) is 5.63. The normalized spacial score (nSPS) is 18.2. The third-order valence-electron chi connectivity index (χ3n) is 2.86. The molecule has 1 unspecified atom stereocenters. The number of halogens is 2. The number of rotatable bonds is 4. The lowest BCUT2D eigenvalue weighted by Gasteiger charge is -2.13. The summed E-state index contributed by atoms with van der Waals surface area (Å²) in [6.45, 7) is 0.407. The molecule has 0 aromatic heterocycles. The molecular formula is C11H11Cl2N3O3. The maximum absolute atomic E-state index is 11.1. The van der Waals surface area contributed by atoms with E-state index < -0.39 is 4.92 Å². The van der Waals surface area contributed by atoms with Gasteiger partial charge in [-0.25, -0.2) is 0 Å². The number of hydrogen-bond donors (Lipinski definition) is 2. The molecule has 1 saturated heterocycles. The Morgan fingerprint density at radius 2 is 2.11 bits per heavy atom. The fraction of sp³-hybridized carbons (Fsp3) is 0.364. The van der Waals surface area contributed by atoms with Crippen molar-refractivity contribution in [1.82, 2.24) is 5.32 Å². The van der Waals surface area contributed by atoms with E-state index in [9.17, 15) is 14.9 Å². The van der Waals surface area contributed by atoms with Crippen LogP contribution >= 0.6 is 23.2 Å². The molecule has 19 heavy (non-hydrogen) atoms. The van der Waals surface area contributed by atoms with Crippen molar-refractivity contribution in [1.29, 1.82) is 0 Å². The fourth-order valence-electron chi connectivity index (χ4n) is 1.89. The van der Waals surface area contributed by atoms with Crippen molar-refractivity contribution in [2.45, 2.75) is 18.9 Å². The lowest BCUT2D eigenvalue weighted by molar-refractivity contribution is -0.383. The van der Waals surface area contributed by atoms with Crippen LogP contribution in [0.25, 0.3) is 0 Å². The van der Waals surface area contributed by atoms with Gasteiger partial charge in [0.15, 0.2) is 0 Å². The molecule has 1 amide bonds. The zero-order chi connectivity index (χ0) is 14.0. The van der Waals surface area contributed by atoms with E-state index in [4.69, 9.17) is 23.2 Å². The quantitative estimate of drug-likeness (QED) is 0.661. The number of benzene rings is 1. The number of carbonyl (C=O) groups excluding carboxylic acids is 1. The molecule has 1 aromatic rings. The maximum atomic E-state index is 11.1. The van der Waals surface area contributed by atoms with Crippen LogP contribution in [-0.4, -0.2) is 23.4 Å². The van der Waals surface area contributed by atoms with Crippen molar-refractivity contribution in [3.8, 4) is 0 Å². The van der Waals surface area contributed by atoms with Crippen molar-refractivity contribution in [2.75, 3.05) is 11.9 Å². The highest BCUT2D eigenvalue weighted by Gasteiger charge is 2.22. The summed E-state index contributed by atoms with van der Waals surface area (Å²) in [6, 6.07) is 2.60. The molecule has 2 rings (SSSR count). The topological polar surface area (TPSA) is 84.3 Å². The SMILES string of the molecule is O=C1CCC(CNc2cc(Cl)c(Cl)cc2[N+](=O)[O-])N1. The number of nitrogens with one attached hydrogen (secondary N) is 2. The molecule has 0 aliphatic carbocycles. The van der Waals surface area contributed by atoms with Crippen molar-refractivity contribution in [3.05, 3.63) is 32.3 Å². The molecule has 1 heterocycles. The summed E-state index contributed by atoms with van der Waals surface area (Å²) in [5.41, 5.74) is 0.152. The molecule has 102 valence electrons. The van der Waals surface area contributed by atoms with Crippen molar-refractivity contribution in [2.24, 2.45) is 0 Å². The van der Waals surface area contributed by atoms with Crippen LogP contribution in [0.5, 0.6) is 0 Å². The van der Waals surface area contributed by atoms with E-state index in [2.05, 4.69) is 10.6 Å². The predicted molar refractivity (Wildman–Crippen MR) is 72.8 cm³/mol. The van der Waals surface area contributed by atoms with Crippen LogP contribution in [0.15, 0.2) is 12.1 Å². The Bertz CT molecular complexity index is 536. The average Bonchev–Trinajstić information content (AvgIpc) is 2.76. The first kappa shape index (κ1) is 13.9. The zero-order valence-electron chi connectivity index (χ0n) is 9.78. The Labute approximate surface area is 119 Å². The highest BCUT2D eigenvalue weighted by Crippen LogP contribution is 2.34. The van der Waals surface area contributed by atoms with Gasteiger partial charge in [-0.15, -0.1) is 0 Å². The van der Waals surface area contributed by atoms with Crippen LogP contribution in [0.1, 0.15) is 12.8 Å². The first-order chi connectivity index (χ1) is 8.97. The van der Waals surface area contributed by atoms with Crippen LogP contribution in [0.4, 0.5) is 11.4 Å². The molecule has 8 heteroatoms. The minimum Gasteiger partial charge on any atom is -0.377 e. The third kappa shape index (κ3) is 3.27. The zero-order valence-corrected chi connectivity index (χ0v) is 11.3. The minimum atomic E-state index is -0.530.